The quantitative estimate of drug-likeness (QED) is 0.0637. The summed E-state index contributed by atoms with van der Waals surface area (Å²) in [5, 5.41) is 46.3. The van der Waals surface area contributed by atoms with Gasteiger partial charge in [0, 0.05) is 109 Å². The minimum Gasteiger partial charge on any atom is -0.508 e. The predicted octanol–water partition coefficient (Wildman–Crippen LogP) is 25.0. The maximum absolute atomic E-state index is 13.4. The lowest BCUT2D eigenvalue weighted by Gasteiger charge is -2.44. The van der Waals surface area contributed by atoms with Crippen LogP contribution in [0.4, 0.5) is 22.7 Å². The summed E-state index contributed by atoms with van der Waals surface area (Å²) in [5.74, 6) is 0.282. The number of methoxy groups -OCH3 is 1. The highest BCUT2D eigenvalue weighted by Crippen LogP contribution is 2.44. The molecule has 4 fully saturated rings. The number of carbonyl (C=O) groups excluding carboxylic acids is 4. The number of anilines is 4. The summed E-state index contributed by atoms with van der Waals surface area (Å²) in [6.45, 7) is 16.5. The molecule has 17 rings (SSSR count). The summed E-state index contributed by atoms with van der Waals surface area (Å²) in [6, 6.07) is 90.3. The van der Waals surface area contributed by atoms with Gasteiger partial charge >= 0.3 is 0 Å². The van der Waals surface area contributed by atoms with Crippen LogP contribution in [-0.2, 0) is 25.6 Å². The van der Waals surface area contributed by atoms with Crippen molar-refractivity contribution < 1.29 is 44.3 Å². The predicted molar refractivity (Wildman–Crippen MR) is 545 cm³/mol. The molecule has 17 nitrogen and oxygen atoms in total. The first kappa shape index (κ1) is 98.9. The third-order valence-corrected chi connectivity index (χ3v) is 27.3. The van der Waals surface area contributed by atoms with E-state index in [1.54, 1.807) is 77.6 Å². The Balaban J connectivity index is 0.000000144. The molecule has 4 amide bonds. The molecule has 4 aliphatic heterocycles. The molecule has 0 bridgehead atoms. The van der Waals surface area contributed by atoms with E-state index < -0.39 is 12.2 Å². The summed E-state index contributed by atoms with van der Waals surface area (Å²) < 4.78 is 5.50. The van der Waals surface area contributed by atoms with Gasteiger partial charge in [-0.05, 0) is 246 Å². The van der Waals surface area contributed by atoms with Crippen LogP contribution in [0.1, 0.15) is 116 Å². The number of aliphatic hydroxyl groups is 2. The molecule has 4 saturated heterocycles. The second-order valence-corrected chi connectivity index (χ2v) is 37.7. The zero-order valence-corrected chi connectivity index (χ0v) is 81.6. The lowest BCUT2D eigenvalue weighted by Crippen LogP contribution is -2.51. The fourth-order valence-corrected chi connectivity index (χ4v) is 19.6. The number of benzene rings is 13. The van der Waals surface area contributed by atoms with Crippen molar-refractivity contribution >= 4 is 151 Å². The molecule has 0 radical (unpaired) electrons. The average molecular weight is 1980 g/mol. The Kier molecular flexibility index (Phi) is 33.5. The SMILES string of the molecule is COc1ccccc1-c1ccc(CC(=O)N2CCN(c3ccc(C)cc3Cl)C(c3ccc(Cl)cc3)C2)cc1.Cc1ccc(N2CCN(C(=O)C(C)c3ccc(O)cc3)CC2c2ccc(Cl)cc2)c(Cl)c1.Cc1ccc(N2CCN(C(=O)C(O)c3ccc(O)cc3)CC2c2ccc(Cl)cc2)c(Cl)c1.Cc1ccc(N2CCN(C(=O)C(O)c3cccc(Cl)c3)CC2c2ccc(Cl)cc2)c(Cl)c1. The third kappa shape index (κ3) is 24.6. The van der Waals surface area contributed by atoms with Crippen LogP contribution in [0.25, 0.3) is 11.1 Å². The highest BCUT2D eigenvalue weighted by molar-refractivity contribution is 6.35. The van der Waals surface area contributed by atoms with Crippen LogP contribution in [0.2, 0.25) is 45.2 Å². The minimum absolute atomic E-state index is 0.0295. The smallest absolute Gasteiger partial charge is 0.256 e. The van der Waals surface area contributed by atoms with Gasteiger partial charge in [-0.15, -0.1) is 0 Å². The number of amides is 4. The van der Waals surface area contributed by atoms with E-state index >= 15 is 0 Å². The molecule has 7 unspecified atom stereocenters. The van der Waals surface area contributed by atoms with E-state index in [1.807, 2.05) is 239 Å². The van der Waals surface area contributed by atoms with Gasteiger partial charge in [0.1, 0.15) is 17.2 Å². The molecule has 0 spiro atoms. The molecule has 4 heterocycles. The molecular formula is C108H103Cl9N8O9. The second-order valence-electron chi connectivity index (χ2n) is 33.9. The van der Waals surface area contributed by atoms with Crippen LogP contribution in [0.3, 0.4) is 0 Å². The highest BCUT2D eigenvalue weighted by Gasteiger charge is 2.39. The van der Waals surface area contributed by atoms with Gasteiger partial charge in [0.05, 0.1) is 86.5 Å². The monoisotopic (exact) mass is 1970 g/mol. The maximum Gasteiger partial charge on any atom is 0.256 e. The van der Waals surface area contributed by atoms with E-state index in [1.165, 1.54) is 12.1 Å². The number of aryl methyl sites for hydroxylation is 4. The number of aliphatic hydroxyl groups excluding tert-OH is 2. The standard InChI is InChI=1S/C32H30Cl2N2O2.C26H26Cl2N2O2.C25H23Cl3N2O2.C25H24Cl2N2O3/c1-22-7-16-29(28(34)19-22)36-18-17-35(21-30(36)25-12-14-26(33)15-13-25)32(37)20-23-8-10-24(11-9-23)27-5-3-4-6-31(27)38-2;1-17-3-12-24(23(28)15-17)30-14-13-29(16-25(30)20-4-8-21(27)9-5-20)26(32)18(2)19-6-10-22(31)11-7-19;1-16-5-10-22(21(28)13-16)30-12-11-29(15-23(30)17-6-8-19(26)9-7-17)25(32)24(31)18-3-2-4-20(27)14-18;1-16-2-11-22(21(27)14-16)29-13-12-28(15-23(29)17-3-7-19(26)8-4-17)25(32)24(31)18-5-9-20(30)10-6-18/h3-16,19,30H,17-18,20-21H2,1-2H3;3-12,15,18,25,31H,13-14,16H2,1-2H3;2-10,13-14,23-24,31H,11-12,15H2,1H3;2-11,14,23-24,30-31H,12-13,15H2,1H3. The van der Waals surface area contributed by atoms with E-state index in [-0.39, 0.29) is 65.2 Å². The average Bonchev–Trinajstić information content (AvgIpc) is 0.795. The fraction of sp³-hybridized carbons (Fsp3) is 0.241. The number of phenolic OH excluding ortho intramolecular Hbond substituents is 2. The molecule has 692 valence electrons. The number of ether oxygens (including phenoxy) is 1. The number of rotatable bonds is 18. The first-order valence-corrected chi connectivity index (χ1v) is 47.5. The fourth-order valence-electron chi connectivity index (χ4n) is 17.5. The molecule has 13 aromatic carbocycles. The van der Waals surface area contributed by atoms with Crippen molar-refractivity contribution in [1.29, 1.82) is 0 Å². The number of carbonyl (C=O) groups is 4. The van der Waals surface area contributed by atoms with Crippen LogP contribution in [0, 0.1) is 27.7 Å². The van der Waals surface area contributed by atoms with Gasteiger partial charge in [-0.25, -0.2) is 0 Å². The number of hydrogen-bond acceptors (Lipinski definition) is 13. The van der Waals surface area contributed by atoms with Gasteiger partial charge < -0.3 is 64.4 Å². The van der Waals surface area contributed by atoms with E-state index in [2.05, 4.69) is 43.9 Å². The van der Waals surface area contributed by atoms with E-state index in [0.717, 1.165) is 100 Å². The zero-order chi connectivity index (χ0) is 95.1. The van der Waals surface area contributed by atoms with Gasteiger partial charge in [-0.3, -0.25) is 19.2 Å². The second kappa shape index (κ2) is 45.5. The summed E-state index contributed by atoms with van der Waals surface area (Å²) >= 11 is 57.0. The molecule has 4 N–H and O–H groups in total. The Hall–Kier alpha value is -11.1. The number of nitrogens with zero attached hydrogens (tertiary/aromatic N) is 8. The summed E-state index contributed by atoms with van der Waals surface area (Å²) in [5.41, 5.74) is 17.3. The lowest BCUT2D eigenvalue weighted by atomic mass is 9.96. The van der Waals surface area contributed by atoms with Crippen molar-refractivity contribution in [3.8, 4) is 28.4 Å². The van der Waals surface area contributed by atoms with Crippen molar-refractivity contribution in [2.24, 2.45) is 0 Å². The van der Waals surface area contributed by atoms with Crippen molar-refractivity contribution in [3.63, 3.8) is 0 Å². The first-order chi connectivity index (χ1) is 64.4. The topological polar surface area (TPSA) is 184 Å². The van der Waals surface area contributed by atoms with E-state index in [0.29, 0.717) is 136 Å². The summed E-state index contributed by atoms with van der Waals surface area (Å²) in [7, 11) is 1.68. The summed E-state index contributed by atoms with van der Waals surface area (Å²) in [6.07, 6.45) is -2.21. The van der Waals surface area contributed by atoms with Crippen molar-refractivity contribution in [2.75, 3.05) is 105 Å². The number of halogens is 9. The van der Waals surface area contributed by atoms with Gasteiger partial charge in [0.25, 0.3) is 11.8 Å². The molecule has 0 saturated carbocycles. The van der Waals surface area contributed by atoms with E-state index in [4.69, 9.17) is 109 Å². The first-order valence-electron chi connectivity index (χ1n) is 44.1. The maximum atomic E-state index is 13.4. The normalized spacial score (nSPS) is 16.8. The molecule has 0 aliphatic carbocycles. The van der Waals surface area contributed by atoms with Crippen LogP contribution in [0.15, 0.2) is 291 Å². The molecule has 26 heteroatoms. The van der Waals surface area contributed by atoms with Crippen molar-refractivity contribution in [3.05, 3.63) is 403 Å². The molecular weight excluding hydrogens is 1870 g/mol. The Labute approximate surface area is 828 Å². The van der Waals surface area contributed by atoms with Crippen LogP contribution in [-0.4, -0.2) is 149 Å². The Morgan fingerprint density at radius 1 is 0.336 bits per heavy atom. The number of phenols is 2. The summed E-state index contributed by atoms with van der Waals surface area (Å²) in [4.78, 5) is 69.3. The van der Waals surface area contributed by atoms with Crippen LogP contribution in [0.5, 0.6) is 17.2 Å². The zero-order valence-electron chi connectivity index (χ0n) is 74.8. The van der Waals surface area contributed by atoms with Crippen molar-refractivity contribution in [1.82, 2.24) is 19.6 Å². The Bertz CT molecular complexity index is 6070. The van der Waals surface area contributed by atoms with Gasteiger partial charge in [-0.2, -0.15) is 0 Å². The Morgan fingerprint density at radius 2 is 0.664 bits per heavy atom. The van der Waals surface area contributed by atoms with Crippen LogP contribution < -0.4 is 24.3 Å². The molecule has 7 atom stereocenters. The number of para-hydroxylation sites is 1. The van der Waals surface area contributed by atoms with Crippen LogP contribution >= 0.6 is 104 Å². The van der Waals surface area contributed by atoms with Gasteiger partial charge in [0.15, 0.2) is 12.2 Å². The Morgan fingerprint density at radius 3 is 1.01 bits per heavy atom. The van der Waals surface area contributed by atoms with Gasteiger partial charge in [-0.1, -0.05) is 256 Å². The molecule has 0 aromatic heterocycles. The lowest BCUT2D eigenvalue weighted by molar-refractivity contribution is -0.142. The third-order valence-electron chi connectivity index (χ3n) is 24.8. The largest absolute Gasteiger partial charge is 0.508 e. The van der Waals surface area contributed by atoms with Gasteiger partial charge in [0.2, 0.25) is 11.8 Å². The number of hydrogen-bond donors (Lipinski definition) is 4. The number of piperazine rings is 4. The molecule has 134 heavy (non-hydrogen) atoms. The number of aromatic hydroxyl groups is 2. The molecule has 4 aliphatic rings. The minimum atomic E-state index is -1.30. The molecule has 13 aromatic rings. The highest BCUT2D eigenvalue weighted by atomic mass is 35.5. The van der Waals surface area contributed by atoms with E-state index in [9.17, 15) is 39.6 Å². The van der Waals surface area contributed by atoms with Crippen molar-refractivity contribution in [2.45, 2.75) is 83.3 Å².